The first kappa shape index (κ1) is 14.6. The number of aryl methyl sites for hydroxylation is 1. The Hall–Kier alpha value is -0.835. The van der Waals surface area contributed by atoms with Crippen molar-refractivity contribution in [3.8, 4) is 0 Å². The number of hydrogen-bond acceptors (Lipinski definition) is 3. The summed E-state index contributed by atoms with van der Waals surface area (Å²) in [6.07, 6.45) is 0. The van der Waals surface area contributed by atoms with Crippen LogP contribution in [0.4, 0.5) is 0 Å². The third-order valence-electron chi connectivity index (χ3n) is 4.19. The summed E-state index contributed by atoms with van der Waals surface area (Å²) in [4.78, 5) is 0. The number of benzene rings is 1. The Kier molecular flexibility index (Phi) is 3.78. The summed E-state index contributed by atoms with van der Waals surface area (Å²) in [6, 6.07) is 6.26. The molecule has 1 aromatic rings. The van der Waals surface area contributed by atoms with Crippen molar-refractivity contribution in [1.82, 2.24) is 0 Å². The lowest BCUT2D eigenvalue weighted by atomic mass is 9.78. The van der Waals surface area contributed by atoms with Crippen LogP contribution >= 0.6 is 0 Å². The molecule has 1 aliphatic heterocycles. The Morgan fingerprint density at radius 2 is 1.68 bits per heavy atom. The number of methoxy groups -OCH3 is 1. The van der Waals surface area contributed by atoms with Crippen LogP contribution in [-0.4, -0.2) is 25.4 Å². The third kappa shape index (κ3) is 2.71. The van der Waals surface area contributed by atoms with Gasteiger partial charge in [-0.25, -0.2) is 0 Å². The molecule has 1 heterocycles. The maximum atomic E-state index is 6.05. The van der Waals surface area contributed by atoms with Gasteiger partial charge in [0.05, 0.1) is 17.8 Å². The summed E-state index contributed by atoms with van der Waals surface area (Å²) >= 11 is 0. The maximum Gasteiger partial charge on any atom is 0.494 e. The van der Waals surface area contributed by atoms with Crippen molar-refractivity contribution in [2.45, 2.75) is 52.4 Å². The highest BCUT2D eigenvalue weighted by atomic mass is 16.7. The molecule has 0 aromatic heterocycles. The predicted molar refractivity (Wildman–Crippen MR) is 77.6 cm³/mol. The highest BCUT2D eigenvalue weighted by Gasteiger charge is 2.51. The van der Waals surface area contributed by atoms with Crippen molar-refractivity contribution in [3.63, 3.8) is 0 Å². The van der Waals surface area contributed by atoms with E-state index in [1.54, 1.807) is 7.11 Å². The topological polar surface area (TPSA) is 27.7 Å². The molecule has 0 N–H and O–H groups in total. The van der Waals surface area contributed by atoms with Crippen molar-refractivity contribution in [1.29, 1.82) is 0 Å². The van der Waals surface area contributed by atoms with Gasteiger partial charge in [0.1, 0.15) is 0 Å². The van der Waals surface area contributed by atoms with Crippen LogP contribution in [0.3, 0.4) is 0 Å². The first-order valence-electron chi connectivity index (χ1n) is 6.71. The summed E-state index contributed by atoms with van der Waals surface area (Å²) in [5.41, 5.74) is 2.88. The van der Waals surface area contributed by atoms with E-state index >= 15 is 0 Å². The van der Waals surface area contributed by atoms with Crippen LogP contribution in [0.15, 0.2) is 18.2 Å². The molecule has 0 unspecified atom stereocenters. The lowest BCUT2D eigenvalue weighted by Gasteiger charge is -2.32. The van der Waals surface area contributed by atoms with E-state index in [1.807, 2.05) is 0 Å². The van der Waals surface area contributed by atoms with E-state index in [-0.39, 0.29) is 18.3 Å². The Bertz CT molecular complexity index is 452. The number of hydrogen-bond donors (Lipinski definition) is 0. The SMILES string of the molecule is COCc1ccc(B2OC(C)(C)C(C)(C)O2)cc1C. The summed E-state index contributed by atoms with van der Waals surface area (Å²) in [5.74, 6) is 0. The second-order valence-electron chi connectivity index (χ2n) is 6.21. The molecule has 0 radical (unpaired) electrons. The van der Waals surface area contributed by atoms with Gasteiger partial charge in [-0.15, -0.1) is 0 Å². The zero-order chi connectivity index (χ0) is 14.3. The zero-order valence-corrected chi connectivity index (χ0v) is 12.7. The molecule has 104 valence electrons. The van der Waals surface area contributed by atoms with E-state index in [9.17, 15) is 0 Å². The molecule has 0 spiro atoms. The van der Waals surface area contributed by atoms with Crippen LogP contribution in [0, 0.1) is 6.92 Å². The molecule has 4 heteroatoms. The van der Waals surface area contributed by atoms with Crippen molar-refractivity contribution >= 4 is 12.6 Å². The molecular weight excluding hydrogens is 239 g/mol. The van der Waals surface area contributed by atoms with Crippen molar-refractivity contribution in [3.05, 3.63) is 29.3 Å². The van der Waals surface area contributed by atoms with Crippen LogP contribution in [0.1, 0.15) is 38.8 Å². The molecule has 0 aliphatic carbocycles. The van der Waals surface area contributed by atoms with Gasteiger partial charge in [-0.3, -0.25) is 0 Å². The van der Waals surface area contributed by atoms with Crippen LogP contribution in [0.2, 0.25) is 0 Å². The lowest BCUT2D eigenvalue weighted by molar-refractivity contribution is 0.00578. The van der Waals surface area contributed by atoms with Gasteiger partial charge >= 0.3 is 7.12 Å². The Labute approximate surface area is 116 Å². The fourth-order valence-corrected chi connectivity index (χ4v) is 2.16. The first-order chi connectivity index (χ1) is 8.77. The Morgan fingerprint density at radius 1 is 1.11 bits per heavy atom. The normalized spacial score (nSPS) is 20.8. The average Bonchev–Trinajstić information content (AvgIpc) is 2.51. The Morgan fingerprint density at radius 3 is 2.16 bits per heavy atom. The van der Waals surface area contributed by atoms with E-state index in [2.05, 4.69) is 52.8 Å². The molecule has 0 saturated carbocycles. The molecule has 1 saturated heterocycles. The molecule has 2 rings (SSSR count). The molecule has 19 heavy (non-hydrogen) atoms. The van der Waals surface area contributed by atoms with Crippen LogP contribution in [0.25, 0.3) is 0 Å². The minimum absolute atomic E-state index is 0.291. The van der Waals surface area contributed by atoms with Crippen molar-refractivity contribution in [2.24, 2.45) is 0 Å². The van der Waals surface area contributed by atoms with E-state index in [0.29, 0.717) is 6.61 Å². The highest BCUT2D eigenvalue weighted by Crippen LogP contribution is 2.36. The molecule has 1 fully saturated rings. The second kappa shape index (κ2) is 4.93. The van der Waals surface area contributed by atoms with E-state index in [0.717, 1.165) is 5.46 Å². The van der Waals surface area contributed by atoms with Gasteiger partial charge in [-0.2, -0.15) is 0 Å². The van der Waals surface area contributed by atoms with Crippen LogP contribution in [-0.2, 0) is 20.7 Å². The lowest BCUT2D eigenvalue weighted by Crippen LogP contribution is -2.41. The number of rotatable bonds is 3. The third-order valence-corrected chi connectivity index (χ3v) is 4.19. The summed E-state index contributed by atoms with van der Waals surface area (Å²) in [5, 5.41) is 0. The van der Waals surface area contributed by atoms with Gasteiger partial charge in [0.15, 0.2) is 0 Å². The van der Waals surface area contributed by atoms with Gasteiger partial charge in [-0.1, -0.05) is 18.2 Å². The minimum Gasteiger partial charge on any atom is -0.399 e. The average molecular weight is 262 g/mol. The van der Waals surface area contributed by atoms with Gasteiger partial charge in [-0.05, 0) is 51.2 Å². The fourth-order valence-electron chi connectivity index (χ4n) is 2.16. The largest absolute Gasteiger partial charge is 0.494 e. The Balaban J connectivity index is 2.23. The fraction of sp³-hybridized carbons (Fsp3) is 0.600. The molecule has 1 aromatic carbocycles. The van der Waals surface area contributed by atoms with Crippen molar-refractivity contribution < 1.29 is 14.0 Å². The van der Waals surface area contributed by atoms with Gasteiger partial charge in [0, 0.05) is 7.11 Å². The number of ether oxygens (including phenoxy) is 1. The van der Waals surface area contributed by atoms with Gasteiger partial charge in [0.25, 0.3) is 0 Å². The quantitative estimate of drug-likeness (QED) is 0.783. The molecule has 0 amide bonds. The van der Waals surface area contributed by atoms with Gasteiger partial charge < -0.3 is 14.0 Å². The summed E-state index contributed by atoms with van der Waals surface area (Å²) in [7, 11) is 1.42. The van der Waals surface area contributed by atoms with Crippen LogP contribution in [0.5, 0.6) is 0 Å². The standard InChI is InChI=1S/C15H23BO3/c1-11-9-13(8-7-12(11)10-17-6)16-18-14(2,3)15(4,5)19-16/h7-9H,10H2,1-6H3. The van der Waals surface area contributed by atoms with Crippen LogP contribution < -0.4 is 5.46 Å². The summed E-state index contributed by atoms with van der Waals surface area (Å²) in [6.45, 7) is 11.0. The second-order valence-corrected chi connectivity index (χ2v) is 6.21. The molecular formula is C15H23BO3. The molecule has 0 atom stereocenters. The van der Waals surface area contributed by atoms with E-state index < -0.39 is 0 Å². The predicted octanol–water partition coefficient (Wildman–Crippen LogP) is 2.44. The zero-order valence-electron chi connectivity index (χ0n) is 12.7. The molecule has 0 bridgehead atoms. The van der Waals surface area contributed by atoms with E-state index in [4.69, 9.17) is 14.0 Å². The monoisotopic (exact) mass is 262 g/mol. The maximum absolute atomic E-state index is 6.05. The summed E-state index contributed by atoms with van der Waals surface area (Å²) < 4.78 is 17.3. The van der Waals surface area contributed by atoms with E-state index in [1.165, 1.54) is 11.1 Å². The molecule has 3 nitrogen and oxygen atoms in total. The highest BCUT2D eigenvalue weighted by molar-refractivity contribution is 6.62. The minimum atomic E-state index is -0.295. The van der Waals surface area contributed by atoms with Gasteiger partial charge in [0.2, 0.25) is 0 Å². The molecule has 1 aliphatic rings. The smallest absolute Gasteiger partial charge is 0.399 e. The van der Waals surface area contributed by atoms with Crippen molar-refractivity contribution in [2.75, 3.05) is 7.11 Å². The first-order valence-corrected chi connectivity index (χ1v) is 6.71.